The van der Waals surface area contributed by atoms with E-state index < -0.39 is 0 Å². The van der Waals surface area contributed by atoms with Crippen LogP contribution in [-0.4, -0.2) is 0 Å². The fourth-order valence-electron chi connectivity index (χ4n) is 3.05. The Kier molecular flexibility index (Phi) is 2.39. The number of benzene rings is 1. The zero-order valence-electron chi connectivity index (χ0n) is 10.4. The molecule has 2 heteroatoms. The van der Waals surface area contributed by atoms with E-state index in [-0.39, 0.29) is 22.7 Å². The standard InChI is InChI=1S/C14H20FN/c1-13(2)12(14(13,3)4)11(16)9-6-5-7-10(15)8-9/h5-8,11-12H,16H2,1-4H3. The van der Waals surface area contributed by atoms with E-state index in [1.807, 2.05) is 6.07 Å². The SMILES string of the molecule is CC1(C)C(C(N)c2cccc(F)c2)C1(C)C. The van der Waals surface area contributed by atoms with Crippen LogP contribution in [0.5, 0.6) is 0 Å². The van der Waals surface area contributed by atoms with Crippen LogP contribution in [0.15, 0.2) is 24.3 Å². The van der Waals surface area contributed by atoms with Gasteiger partial charge in [0.1, 0.15) is 5.82 Å². The van der Waals surface area contributed by atoms with Crippen LogP contribution in [0.25, 0.3) is 0 Å². The van der Waals surface area contributed by atoms with Crippen LogP contribution in [0.1, 0.15) is 39.3 Å². The average Bonchev–Trinajstić information content (AvgIpc) is 2.56. The van der Waals surface area contributed by atoms with E-state index in [0.29, 0.717) is 5.92 Å². The van der Waals surface area contributed by atoms with Gasteiger partial charge >= 0.3 is 0 Å². The van der Waals surface area contributed by atoms with E-state index in [2.05, 4.69) is 27.7 Å². The number of hydrogen-bond acceptors (Lipinski definition) is 1. The average molecular weight is 221 g/mol. The lowest BCUT2D eigenvalue weighted by Crippen LogP contribution is -2.16. The first-order valence-corrected chi connectivity index (χ1v) is 5.79. The summed E-state index contributed by atoms with van der Waals surface area (Å²) in [4.78, 5) is 0. The second kappa shape index (κ2) is 3.30. The Morgan fingerprint density at radius 3 is 2.19 bits per heavy atom. The highest BCUT2D eigenvalue weighted by Crippen LogP contribution is 2.71. The molecule has 1 aromatic rings. The molecule has 0 radical (unpaired) electrons. The summed E-state index contributed by atoms with van der Waals surface area (Å²) in [5.41, 5.74) is 7.63. The molecule has 88 valence electrons. The third-order valence-corrected chi connectivity index (χ3v) is 4.73. The van der Waals surface area contributed by atoms with Gasteiger partial charge in [0, 0.05) is 6.04 Å². The maximum Gasteiger partial charge on any atom is 0.123 e. The molecule has 1 aliphatic carbocycles. The first-order valence-electron chi connectivity index (χ1n) is 5.79. The quantitative estimate of drug-likeness (QED) is 0.812. The number of hydrogen-bond donors (Lipinski definition) is 1. The van der Waals surface area contributed by atoms with Crippen molar-refractivity contribution in [1.82, 2.24) is 0 Å². The third-order valence-electron chi connectivity index (χ3n) is 4.73. The molecule has 2 rings (SSSR count). The maximum atomic E-state index is 13.1. The van der Waals surface area contributed by atoms with Crippen LogP contribution in [0.3, 0.4) is 0 Å². The number of halogens is 1. The molecule has 16 heavy (non-hydrogen) atoms. The van der Waals surface area contributed by atoms with Crippen LogP contribution < -0.4 is 5.73 Å². The highest BCUT2D eigenvalue weighted by Gasteiger charge is 2.66. The van der Waals surface area contributed by atoms with Crippen molar-refractivity contribution in [3.8, 4) is 0 Å². The molecule has 1 saturated carbocycles. The lowest BCUT2D eigenvalue weighted by Gasteiger charge is -2.14. The van der Waals surface area contributed by atoms with Crippen LogP contribution in [0.4, 0.5) is 4.39 Å². The second-order valence-corrected chi connectivity index (χ2v) is 6.00. The molecule has 1 aromatic carbocycles. The van der Waals surface area contributed by atoms with Crippen LogP contribution >= 0.6 is 0 Å². The summed E-state index contributed by atoms with van der Waals surface area (Å²) in [7, 11) is 0. The Bertz CT molecular complexity index is 395. The highest BCUT2D eigenvalue weighted by atomic mass is 19.1. The summed E-state index contributed by atoms with van der Waals surface area (Å²) in [5, 5.41) is 0. The molecule has 0 bridgehead atoms. The molecule has 1 fully saturated rings. The van der Waals surface area contributed by atoms with Gasteiger partial charge in [-0.2, -0.15) is 0 Å². The van der Waals surface area contributed by atoms with Gasteiger partial charge in [-0.15, -0.1) is 0 Å². The molecular formula is C14H20FN. The summed E-state index contributed by atoms with van der Waals surface area (Å²) in [6, 6.07) is 6.58. The van der Waals surface area contributed by atoms with Crippen molar-refractivity contribution in [2.24, 2.45) is 22.5 Å². The minimum Gasteiger partial charge on any atom is -0.324 e. The van der Waals surface area contributed by atoms with Crippen LogP contribution in [-0.2, 0) is 0 Å². The predicted molar refractivity (Wildman–Crippen MR) is 64.4 cm³/mol. The van der Waals surface area contributed by atoms with Gasteiger partial charge in [-0.05, 0) is 34.4 Å². The van der Waals surface area contributed by atoms with Gasteiger partial charge in [0.2, 0.25) is 0 Å². The zero-order valence-corrected chi connectivity index (χ0v) is 10.4. The van der Waals surface area contributed by atoms with E-state index in [0.717, 1.165) is 5.56 Å². The highest BCUT2D eigenvalue weighted by molar-refractivity contribution is 5.27. The Balaban J connectivity index is 2.26. The summed E-state index contributed by atoms with van der Waals surface area (Å²) in [6.07, 6.45) is 0. The molecular weight excluding hydrogens is 201 g/mol. The largest absolute Gasteiger partial charge is 0.324 e. The monoisotopic (exact) mass is 221 g/mol. The van der Waals surface area contributed by atoms with Crippen molar-refractivity contribution in [3.63, 3.8) is 0 Å². The van der Waals surface area contributed by atoms with Gasteiger partial charge in [-0.25, -0.2) is 4.39 Å². The first-order chi connectivity index (χ1) is 7.28. The molecule has 1 nitrogen and oxygen atoms in total. The second-order valence-electron chi connectivity index (χ2n) is 6.00. The Morgan fingerprint density at radius 2 is 1.75 bits per heavy atom. The Morgan fingerprint density at radius 1 is 1.19 bits per heavy atom. The van der Waals surface area contributed by atoms with Gasteiger partial charge in [-0.3, -0.25) is 0 Å². The fraction of sp³-hybridized carbons (Fsp3) is 0.571. The summed E-state index contributed by atoms with van der Waals surface area (Å²) in [6.45, 7) is 8.93. The summed E-state index contributed by atoms with van der Waals surface area (Å²) < 4.78 is 13.1. The Labute approximate surface area is 96.9 Å². The number of nitrogens with two attached hydrogens (primary N) is 1. The van der Waals surface area contributed by atoms with E-state index in [9.17, 15) is 4.39 Å². The van der Waals surface area contributed by atoms with Gasteiger partial charge in [0.25, 0.3) is 0 Å². The summed E-state index contributed by atoms with van der Waals surface area (Å²) >= 11 is 0. The molecule has 0 aliphatic heterocycles. The summed E-state index contributed by atoms with van der Waals surface area (Å²) in [5.74, 6) is 0.214. The van der Waals surface area contributed by atoms with E-state index >= 15 is 0 Å². The molecule has 0 heterocycles. The van der Waals surface area contributed by atoms with Crippen molar-refractivity contribution in [1.29, 1.82) is 0 Å². The van der Waals surface area contributed by atoms with Crippen molar-refractivity contribution in [2.45, 2.75) is 33.7 Å². The van der Waals surface area contributed by atoms with Crippen molar-refractivity contribution >= 4 is 0 Å². The van der Waals surface area contributed by atoms with Crippen molar-refractivity contribution < 1.29 is 4.39 Å². The zero-order chi connectivity index (χ0) is 12.1. The van der Waals surface area contributed by atoms with Crippen LogP contribution in [0, 0.1) is 22.6 Å². The van der Waals surface area contributed by atoms with Crippen molar-refractivity contribution in [3.05, 3.63) is 35.6 Å². The maximum absolute atomic E-state index is 13.1. The van der Waals surface area contributed by atoms with Gasteiger partial charge in [-0.1, -0.05) is 39.8 Å². The molecule has 1 aliphatic rings. The third kappa shape index (κ3) is 1.47. The predicted octanol–water partition coefficient (Wildman–Crippen LogP) is 3.51. The van der Waals surface area contributed by atoms with E-state index in [4.69, 9.17) is 5.73 Å². The molecule has 0 spiro atoms. The normalized spacial score (nSPS) is 24.1. The van der Waals surface area contributed by atoms with E-state index in [1.54, 1.807) is 12.1 Å². The lowest BCUT2D eigenvalue weighted by atomic mass is 9.97. The van der Waals surface area contributed by atoms with Crippen LogP contribution in [0.2, 0.25) is 0 Å². The lowest BCUT2D eigenvalue weighted by molar-refractivity contribution is 0.457. The molecule has 0 aromatic heterocycles. The molecule has 0 amide bonds. The smallest absolute Gasteiger partial charge is 0.123 e. The van der Waals surface area contributed by atoms with Gasteiger partial charge < -0.3 is 5.73 Å². The molecule has 2 N–H and O–H groups in total. The molecule has 0 saturated heterocycles. The van der Waals surface area contributed by atoms with E-state index in [1.165, 1.54) is 6.07 Å². The van der Waals surface area contributed by atoms with Gasteiger partial charge in [0.05, 0.1) is 0 Å². The topological polar surface area (TPSA) is 26.0 Å². The van der Waals surface area contributed by atoms with Gasteiger partial charge in [0.15, 0.2) is 0 Å². The minimum absolute atomic E-state index is 0.0688. The number of rotatable bonds is 2. The molecule has 1 atom stereocenters. The van der Waals surface area contributed by atoms with Crippen molar-refractivity contribution in [2.75, 3.05) is 0 Å². The first kappa shape index (κ1) is 11.6. The fourth-order valence-corrected chi connectivity index (χ4v) is 3.05. The Hall–Kier alpha value is -0.890. The minimum atomic E-state index is -0.204. The molecule has 1 unspecified atom stereocenters.